The first-order valence-electron chi connectivity index (χ1n) is 5.64. The molecule has 2 rings (SSSR count). The van der Waals surface area contributed by atoms with Crippen molar-refractivity contribution in [2.45, 2.75) is 6.54 Å². The van der Waals surface area contributed by atoms with Crippen LogP contribution in [-0.4, -0.2) is 5.91 Å². The van der Waals surface area contributed by atoms with Crippen molar-refractivity contribution < 1.29 is 9.18 Å². The van der Waals surface area contributed by atoms with Crippen molar-refractivity contribution in [3.8, 4) is 0 Å². The normalized spacial score (nSPS) is 10.4. The minimum absolute atomic E-state index is 0.284. The summed E-state index contributed by atoms with van der Waals surface area (Å²) in [7, 11) is 0. The lowest BCUT2D eigenvalue weighted by Crippen LogP contribution is -2.22. The van der Waals surface area contributed by atoms with Gasteiger partial charge in [-0.25, -0.2) is 4.39 Å². The first-order valence-corrected chi connectivity index (χ1v) is 7.19. The van der Waals surface area contributed by atoms with Crippen LogP contribution in [-0.2, 0) is 6.54 Å². The topological polar surface area (TPSA) is 29.1 Å². The van der Waals surface area contributed by atoms with Crippen LogP contribution in [0.5, 0.6) is 0 Å². The van der Waals surface area contributed by atoms with Crippen LogP contribution in [0.2, 0.25) is 10.0 Å². The molecule has 1 N–H and O–H groups in total. The smallest absolute Gasteiger partial charge is 0.251 e. The first-order chi connectivity index (χ1) is 9.47. The summed E-state index contributed by atoms with van der Waals surface area (Å²) in [5, 5.41) is 3.39. The van der Waals surface area contributed by atoms with Crippen molar-refractivity contribution in [2.24, 2.45) is 0 Å². The Kier molecular flexibility index (Phi) is 5.02. The minimum atomic E-state index is -0.312. The molecule has 0 saturated heterocycles. The van der Waals surface area contributed by atoms with E-state index in [-0.39, 0.29) is 11.7 Å². The standard InChI is InChI=1S/C14H9BrCl2FNO/c15-11-5-9(6-12(16)13(11)17)14(20)19-7-8-1-3-10(18)4-2-8/h1-6H,7H2,(H,19,20). The van der Waals surface area contributed by atoms with Gasteiger partial charge in [0.1, 0.15) is 5.82 Å². The fraction of sp³-hybridized carbons (Fsp3) is 0.0714. The average molecular weight is 377 g/mol. The number of benzene rings is 2. The molecule has 2 nitrogen and oxygen atoms in total. The van der Waals surface area contributed by atoms with Crippen LogP contribution in [0.1, 0.15) is 15.9 Å². The van der Waals surface area contributed by atoms with Crippen LogP contribution in [0.25, 0.3) is 0 Å². The largest absolute Gasteiger partial charge is 0.348 e. The zero-order chi connectivity index (χ0) is 14.7. The number of rotatable bonds is 3. The lowest BCUT2D eigenvalue weighted by Gasteiger charge is -2.07. The second-order valence-corrected chi connectivity index (χ2v) is 5.70. The molecule has 0 aliphatic heterocycles. The van der Waals surface area contributed by atoms with Gasteiger partial charge in [-0.05, 0) is 45.8 Å². The van der Waals surface area contributed by atoms with E-state index in [1.165, 1.54) is 18.2 Å². The van der Waals surface area contributed by atoms with Gasteiger partial charge in [0.15, 0.2) is 0 Å². The highest BCUT2D eigenvalue weighted by atomic mass is 79.9. The number of carbonyl (C=O) groups excluding carboxylic acids is 1. The predicted octanol–water partition coefficient (Wildman–Crippen LogP) is 4.83. The Hall–Kier alpha value is -1.10. The molecule has 0 fully saturated rings. The van der Waals surface area contributed by atoms with Crippen molar-refractivity contribution >= 4 is 45.0 Å². The Morgan fingerprint density at radius 1 is 1.20 bits per heavy atom. The van der Waals surface area contributed by atoms with E-state index in [0.29, 0.717) is 26.6 Å². The van der Waals surface area contributed by atoms with E-state index in [1.807, 2.05) is 0 Å². The van der Waals surface area contributed by atoms with Crippen LogP contribution in [0, 0.1) is 5.82 Å². The molecule has 104 valence electrons. The molecular weight excluding hydrogens is 368 g/mol. The molecule has 0 aliphatic rings. The van der Waals surface area contributed by atoms with E-state index >= 15 is 0 Å². The summed E-state index contributed by atoms with van der Waals surface area (Å²) >= 11 is 15.0. The molecule has 0 radical (unpaired) electrons. The lowest BCUT2D eigenvalue weighted by atomic mass is 10.2. The maximum absolute atomic E-state index is 12.8. The van der Waals surface area contributed by atoms with Crippen LogP contribution in [0.4, 0.5) is 4.39 Å². The molecular formula is C14H9BrCl2FNO. The second-order valence-electron chi connectivity index (χ2n) is 4.06. The zero-order valence-electron chi connectivity index (χ0n) is 10.1. The van der Waals surface area contributed by atoms with E-state index in [4.69, 9.17) is 23.2 Å². The Morgan fingerprint density at radius 2 is 1.85 bits per heavy atom. The number of halogens is 4. The van der Waals surface area contributed by atoms with Crippen molar-refractivity contribution in [2.75, 3.05) is 0 Å². The molecule has 2 aromatic carbocycles. The van der Waals surface area contributed by atoms with Crippen molar-refractivity contribution in [1.82, 2.24) is 5.32 Å². The Morgan fingerprint density at radius 3 is 2.45 bits per heavy atom. The lowest BCUT2D eigenvalue weighted by molar-refractivity contribution is 0.0951. The van der Waals surface area contributed by atoms with E-state index in [2.05, 4.69) is 21.2 Å². The average Bonchev–Trinajstić information content (AvgIpc) is 2.43. The zero-order valence-corrected chi connectivity index (χ0v) is 13.2. The summed E-state index contributed by atoms with van der Waals surface area (Å²) in [4.78, 5) is 12.0. The minimum Gasteiger partial charge on any atom is -0.348 e. The van der Waals surface area contributed by atoms with Gasteiger partial charge in [-0.2, -0.15) is 0 Å². The summed E-state index contributed by atoms with van der Waals surface area (Å²) in [6, 6.07) is 9.00. The molecule has 0 bridgehead atoms. The van der Waals surface area contributed by atoms with E-state index < -0.39 is 0 Å². The molecule has 6 heteroatoms. The highest BCUT2D eigenvalue weighted by Gasteiger charge is 2.11. The van der Waals surface area contributed by atoms with Gasteiger partial charge in [0, 0.05) is 16.6 Å². The van der Waals surface area contributed by atoms with E-state index in [1.54, 1.807) is 18.2 Å². The van der Waals surface area contributed by atoms with Gasteiger partial charge in [0.05, 0.1) is 10.0 Å². The van der Waals surface area contributed by atoms with Gasteiger partial charge in [0.25, 0.3) is 5.91 Å². The first kappa shape index (κ1) is 15.3. The molecule has 20 heavy (non-hydrogen) atoms. The Bertz CT molecular complexity index is 623. The SMILES string of the molecule is O=C(NCc1ccc(F)cc1)c1cc(Cl)c(Cl)c(Br)c1. The quantitative estimate of drug-likeness (QED) is 0.764. The van der Waals surface area contributed by atoms with Crippen molar-refractivity contribution in [3.05, 3.63) is 67.9 Å². The number of hydrogen-bond acceptors (Lipinski definition) is 1. The fourth-order valence-corrected chi connectivity index (χ4v) is 2.48. The predicted molar refractivity (Wildman–Crippen MR) is 81.7 cm³/mol. The number of hydrogen-bond donors (Lipinski definition) is 1. The van der Waals surface area contributed by atoms with Gasteiger partial charge >= 0.3 is 0 Å². The van der Waals surface area contributed by atoms with Gasteiger partial charge in [-0.3, -0.25) is 4.79 Å². The highest BCUT2D eigenvalue weighted by Crippen LogP contribution is 2.31. The third kappa shape index (κ3) is 3.72. The summed E-state index contributed by atoms with van der Waals surface area (Å²) < 4.78 is 13.3. The van der Waals surface area contributed by atoms with Crippen LogP contribution < -0.4 is 5.32 Å². The number of nitrogens with one attached hydrogen (secondary N) is 1. The summed E-state index contributed by atoms with van der Waals surface area (Å²) in [6.45, 7) is 0.303. The maximum Gasteiger partial charge on any atom is 0.251 e. The van der Waals surface area contributed by atoms with Crippen molar-refractivity contribution in [1.29, 1.82) is 0 Å². The molecule has 0 unspecified atom stereocenters. The molecule has 0 heterocycles. The van der Waals surface area contributed by atoms with Gasteiger partial charge in [-0.1, -0.05) is 35.3 Å². The van der Waals surface area contributed by atoms with Crippen LogP contribution >= 0.6 is 39.1 Å². The highest BCUT2D eigenvalue weighted by molar-refractivity contribution is 9.10. The summed E-state index contributed by atoms with van der Waals surface area (Å²) in [5.74, 6) is -0.595. The molecule has 0 aromatic heterocycles. The third-order valence-electron chi connectivity index (χ3n) is 2.61. The van der Waals surface area contributed by atoms with Gasteiger partial charge in [-0.15, -0.1) is 0 Å². The third-order valence-corrected chi connectivity index (χ3v) is 4.27. The monoisotopic (exact) mass is 375 g/mol. The van der Waals surface area contributed by atoms with Gasteiger partial charge < -0.3 is 5.32 Å². The molecule has 2 aromatic rings. The Balaban J connectivity index is 2.07. The fourth-order valence-electron chi connectivity index (χ4n) is 1.57. The van der Waals surface area contributed by atoms with E-state index in [0.717, 1.165) is 5.56 Å². The van der Waals surface area contributed by atoms with Gasteiger partial charge in [0.2, 0.25) is 0 Å². The molecule has 0 spiro atoms. The molecule has 0 aliphatic carbocycles. The molecule has 1 amide bonds. The summed E-state index contributed by atoms with van der Waals surface area (Å²) in [6.07, 6.45) is 0. The second kappa shape index (κ2) is 6.57. The van der Waals surface area contributed by atoms with Crippen LogP contribution in [0.15, 0.2) is 40.9 Å². The molecule has 0 atom stereocenters. The maximum atomic E-state index is 12.8. The van der Waals surface area contributed by atoms with E-state index in [9.17, 15) is 9.18 Å². The number of amides is 1. The Labute approximate surface area is 134 Å². The van der Waals surface area contributed by atoms with Crippen LogP contribution in [0.3, 0.4) is 0 Å². The van der Waals surface area contributed by atoms with Crippen molar-refractivity contribution in [3.63, 3.8) is 0 Å². The molecule has 0 saturated carbocycles. The summed E-state index contributed by atoms with van der Waals surface area (Å²) in [5.41, 5.74) is 1.20. The number of carbonyl (C=O) groups is 1.